The average Bonchev–Trinajstić information content (AvgIpc) is 3.27. The molecule has 1 unspecified atom stereocenters. The van der Waals surface area contributed by atoms with Gasteiger partial charge in [-0.2, -0.15) is 5.26 Å². The van der Waals surface area contributed by atoms with Gasteiger partial charge in [-0.15, -0.1) is 11.8 Å². The van der Waals surface area contributed by atoms with Crippen molar-refractivity contribution in [2.45, 2.75) is 44.6 Å². The molecule has 5 nitrogen and oxygen atoms in total. The lowest BCUT2D eigenvalue weighted by atomic mass is 10.0. The SMILES string of the molecule is C=N/C=C(\SCc1ccc(OC(C)C)c(C#N)c1)c1cccc2c1CCC2N1CCOCC1. The Labute approximate surface area is 201 Å². The molecule has 0 spiro atoms. The predicted molar refractivity (Wildman–Crippen MR) is 136 cm³/mol. The fraction of sp³-hybridized carbons (Fsp3) is 0.407. The Kier molecular flexibility index (Phi) is 7.87. The molecule has 172 valence electrons. The molecule has 1 aliphatic carbocycles. The summed E-state index contributed by atoms with van der Waals surface area (Å²) in [7, 11) is 0. The van der Waals surface area contributed by atoms with E-state index in [0.29, 0.717) is 17.4 Å². The summed E-state index contributed by atoms with van der Waals surface area (Å²) in [5.74, 6) is 1.38. The molecule has 4 rings (SSSR count). The topological polar surface area (TPSA) is 57.8 Å². The van der Waals surface area contributed by atoms with Gasteiger partial charge in [0.15, 0.2) is 0 Å². The number of nitrogens with zero attached hydrogens (tertiary/aromatic N) is 3. The van der Waals surface area contributed by atoms with E-state index in [0.717, 1.165) is 55.4 Å². The van der Waals surface area contributed by atoms with Crippen LogP contribution in [0.5, 0.6) is 5.75 Å². The molecule has 1 atom stereocenters. The summed E-state index contributed by atoms with van der Waals surface area (Å²) in [6.07, 6.45) is 4.12. The maximum atomic E-state index is 9.55. The molecule has 1 fully saturated rings. The van der Waals surface area contributed by atoms with Crippen LogP contribution in [0.15, 0.2) is 47.6 Å². The monoisotopic (exact) mass is 461 g/mol. The van der Waals surface area contributed by atoms with E-state index < -0.39 is 0 Å². The van der Waals surface area contributed by atoms with Crippen molar-refractivity contribution in [1.82, 2.24) is 4.90 Å². The first-order valence-electron chi connectivity index (χ1n) is 11.5. The molecule has 1 aliphatic heterocycles. The number of morpholine rings is 1. The molecule has 1 saturated heterocycles. The first kappa shape index (κ1) is 23.6. The second-order valence-corrected chi connectivity index (χ2v) is 9.67. The smallest absolute Gasteiger partial charge is 0.137 e. The van der Waals surface area contributed by atoms with Crippen molar-refractivity contribution >= 4 is 23.4 Å². The number of rotatable bonds is 8. The largest absolute Gasteiger partial charge is 0.490 e. The van der Waals surface area contributed by atoms with E-state index in [-0.39, 0.29) is 6.10 Å². The number of aliphatic imine (C=N–C) groups is 1. The van der Waals surface area contributed by atoms with Gasteiger partial charge in [0, 0.05) is 36.0 Å². The summed E-state index contributed by atoms with van der Waals surface area (Å²) in [6.45, 7) is 11.3. The van der Waals surface area contributed by atoms with Gasteiger partial charge in [-0.1, -0.05) is 24.3 Å². The molecule has 1 heterocycles. The minimum atomic E-state index is 0.0343. The minimum Gasteiger partial charge on any atom is -0.490 e. The van der Waals surface area contributed by atoms with Crippen LogP contribution in [-0.4, -0.2) is 44.0 Å². The number of ether oxygens (including phenoxy) is 2. The van der Waals surface area contributed by atoms with Crippen molar-refractivity contribution in [3.05, 3.63) is 70.4 Å². The van der Waals surface area contributed by atoms with Crippen molar-refractivity contribution in [1.29, 1.82) is 5.26 Å². The van der Waals surface area contributed by atoms with Crippen molar-refractivity contribution in [2.24, 2.45) is 4.99 Å². The van der Waals surface area contributed by atoms with Crippen LogP contribution in [0.25, 0.3) is 4.91 Å². The van der Waals surface area contributed by atoms with Crippen LogP contribution >= 0.6 is 11.8 Å². The van der Waals surface area contributed by atoms with Gasteiger partial charge in [-0.05, 0) is 67.8 Å². The summed E-state index contributed by atoms with van der Waals surface area (Å²) in [5, 5.41) is 9.55. The molecule has 0 radical (unpaired) electrons. The number of nitriles is 1. The molecule has 2 aromatic carbocycles. The van der Waals surface area contributed by atoms with Crippen molar-refractivity contribution < 1.29 is 9.47 Å². The maximum Gasteiger partial charge on any atom is 0.137 e. The molecule has 0 saturated carbocycles. The second kappa shape index (κ2) is 11.0. The van der Waals surface area contributed by atoms with E-state index in [1.165, 1.54) is 16.7 Å². The van der Waals surface area contributed by atoms with Crippen LogP contribution < -0.4 is 4.74 Å². The van der Waals surface area contributed by atoms with E-state index in [1.807, 2.05) is 38.2 Å². The highest BCUT2D eigenvalue weighted by molar-refractivity contribution is 8.07. The Balaban J connectivity index is 1.54. The third-order valence-electron chi connectivity index (χ3n) is 6.12. The van der Waals surface area contributed by atoms with E-state index >= 15 is 0 Å². The van der Waals surface area contributed by atoms with Crippen LogP contribution in [0, 0.1) is 11.3 Å². The van der Waals surface area contributed by atoms with Crippen molar-refractivity contribution in [3.8, 4) is 11.8 Å². The summed E-state index contributed by atoms with van der Waals surface area (Å²) in [6, 6.07) is 15.2. The van der Waals surface area contributed by atoms with Gasteiger partial charge in [0.2, 0.25) is 0 Å². The number of hydrogen-bond donors (Lipinski definition) is 0. The van der Waals surface area contributed by atoms with Crippen molar-refractivity contribution in [2.75, 3.05) is 26.3 Å². The van der Waals surface area contributed by atoms with E-state index in [2.05, 4.69) is 40.9 Å². The molecule has 0 amide bonds. The Morgan fingerprint density at radius 1 is 1.33 bits per heavy atom. The lowest BCUT2D eigenvalue weighted by Gasteiger charge is -2.32. The van der Waals surface area contributed by atoms with Crippen LogP contribution in [0.1, 0.15) is 54.1 Å². The van der Waals surface area contributed by atoms with Crippen LogP contribution in [0.3, 0.4) is 0 Å². The van der Waals surface area contributed by atoms with E-state index in [4.69, 9.17) is 9.47 Å². The van der Waals surface area contributed by atoms with E-state index in [1.54, 1.807) is 11.8 Å². The Morgan fingerprint density at radius 3 is 2.88 bits per heavy atom. The molecule has 2 aromatic rings. The van der Waals surface area contributed by atoms with E-state index in [9.17, 15) is 5.26 Å². The number of thioether (sulfide) groups is 1. The molecular weight excluding hydrogens is 430 g/mol. The number of hydrogen-bond acceptors (Lipinski definition) is 6. The summed E-state index contributed by atoms with van der Waals surface area (Å²) in [5.41, 5.74) is 5.77. The fourth-order valence-electron chi connectivity index (χ4n) is 4.67. The normalized spacial score (nSPS) is 18.7. The van der Waals surface area contributed by atoms with Crippen LogP contribution in [0.2, 0.25) is 0 Å². The predicted octanol–water partition coefficient (Wildman–Crippen LogP) is 5.60. The average molecular weight is 462 g/mol. The fourth-order valence-corrected chi connectivity index (χ4v) is 5.67. The summed E-state index contributed by atoms with van der Waals surface area (Å²) in [4.78, 5) is 7.78. The van der Waals surface area contributed by atoms with Gasteiger partial charge >= 0.3 is 0 Å². The number of fused-ring (bicyclic) bond motifs is 1. The zero-order valence-electron chi connectivity index (χ0n) is 19.4. The number of benzene rings is 2. The Hall–Kier alpha value is -2.59. The molecule has 2 aliphatic rings. The third kappa shape index (κ3) is 5.50. The molecule has 0 N–H and O–H groups in total. The first-order chi connectivity index (χ1) is 16.1. The quantitative estimate of drug-likeness (QED) is 0.479. The van der Waals surface area contributed by atoms with Crippen LogP contribution in [-0.2, 0) is 16.9 Å². The lowest BCUT2D eigenvalue weighted by molar-refractivity contribution is 0.0164. The van der Waals surface area contributed by atoms with Crippen LogP contribution in [0.4, 0.5) is 0 Å². The molecule has 33 heavy (non-hydrogen) atoms. The highest BCUT2D eigenvalue weighted by atomic mass is 32.2. The molecule has 0 bridgehead atoms. The zero-order chi connectivity index (χ0) is 23.2. The summed E-state index contributed by atoms with van der Waals surface area (Å²) < 4.78 is 11.3. The molecule has 0 aromatic heterocycles. The van der Waals surface area contributed by atoms with Gasteiger partial charge in [0.05, 0.1) is 24.9 Å². The van der Waals surface area contributed by atoms with Gasteiger partial charge in [0.1, 0.15) is 11.8 Å². The zero-order valence-corrected chi connectivity index (χ0v) is 20.2. The lowest BCUT2D eigenvalue weighted by Crippen LogP contribution is -2.38. The van der Waals surface area contributed by atoms with Crippen molar-refractivity contribution in [3.63, 3.8) is 0 Å². The standard InChI is InChI=1S/C27H31N3O2S/c1-19(2)32-26-10-7-20(15-21(26)16-28)18-33-27(17-29-3)24-6-4-5-23-22(24)8-9-25(23)30-11-13-31-14-12-30/h4-7,10,15,17,19,25H,3,8-9,11-14,18H2,1-2H3/b27-17-. The molecule has 6 heteroatoms. The summed E-state index contributed by atoms with van der Waals surface area (Å²) >= 11 is 1.74. The van der Waals surface area contributed by atoms with Gasteiger partial charge < -0.3 is 9.47 Å². The highest BCUT2D eigenvalue weighted by Gasteiger charge is 2.30. The van der Waals surface area contributed by atoms with Gasteiger partial charge in [-0.25, -0.2) is 0 Å². The minimum absolute atomic E-state index is 0.0343. The second-order valence-electron chi connectivity index (χ2n) is 8.65. The molecular formula is C27H31N3O2S. The third-order valence-corrected chi connectivity index (χ3v) is 7.23. The van der Waals surface area contributed by atoms with Gasteiger partial charge in [0.25, 0.3) is 0 Å². The Morgan fingerprint density at radius 2 is 2.15 bits per heavy atom. The van der Waals surface area contributed by atoms with Gasteiger partial charge in [-0.3, -0.25) is 9.89 Å². The maximum absolute atomic E-state index is 9.55. The first-order valence-corrected chi connectivity index (χ1v) is 12.5. The Bertz CT molecular complexity index is 1070. The highest BCUT2D eigenvalue weighted by Crippen LogP contribution is 2.42.